The van der Waals surface area contributed by atoms with Crippen LogP contribution in [-0.4, -0.2) is 75.4 Å². The van der Waals surface area contributed by atoms with Crippen LogP contribution in [-0.2, 0) is 37.2 Å². The maximum absolute atomic E-state index is 12.1. The molecule has 0 amide bonds. The summed E-state index contributed by atoms with van der Waals surface area (Å²) < 4.78 is 51.5. The monoisotopic (exact) mass is 507 g/mol. The third kappa shape index (κ3) is 5.18. The largest absolute Gasteiger partial charge is 0.490 e. The molecule has 1 aliphatic rings. The highest BCUT2D eigenvalue weighted by atomic mass is 31.3. The second-order valence-corrected chi connectivity index (χ2v) is 10.6. The Morgan fingerprint density at radius 2 is 1.81 bits per heavy atom. The van der Waals surface area contributed by atoms with E-state index >= 15 is 0 Å². The van der Waals surface area contributed by atoms with Crippen LogP contribution in [0, 0.1) is 0 Å². The molecule has 0 bridgehead atoms. The molecule has 1 fully saturated rings. The zero-order valence-electron chi connectivity index (χ0n) is 14.9. The Kier molecular flexibility index (Phi) is 6.43. The number of aliphatic hydroxyl groups excluding tert-OH is 2. The van der Waals surface area contributed by atoms with Crippen LogP contribution in [0.25, 0.3) is 11.0 Å². The highest BCUT2D eigenvalue weighted by molar-refractivity contribution is 7.66. The average Bonchev–Trinajstić information content (AvgIpc) is 3.15. The molecular weight excluding hydrogens is 491 g/mol. The lowest BCUT2D eigenvalue weighted by Crippen LogP contribution is -2.44. The zero-order valence-corrected chi connectivity index (χ0v) is 17.6. The lowest BCUT2D eigenvalue weighted by atomic mass is 9.92. The summed E-state index contributed by atoms with van der Waals surface area (Å²) >= 11 is 0. The van der Waals surface area contributed by atoms with Crippen LogP contribution in [0.15, 0.2) is 6.33 Å². The van der Waals surface area contributed by atoms with Gasteiger partial charge in [0.1, 0.15) is 24.1 Å². The minimum absolute atomic E-state index is 0.00407. The Labute approximate surface area is 171 Å². The van der Waals surface area contributed by atoms with Crippen molar-refractivity contribution in [3.05, 3.63) is 12.0 Å². The van der Waals surface area contributed by atoms with Gasteiger partial charge < -0.3 is 40.3 Å². The summed E-state index contributed by atoms with van der Waals surface area (Å²) in [6, 6.07) is 0. The van der Waals surface area contributed by atoms with Gasteiger partial charge in [0.25, 0.3) is 0 Å². The van der Waals surface area contributed by atoms with Crippen molar-refractivity contribution in [3.8, 4) is 0 Å². The van der Waals surface area contributed by atoms with E-state index < -0.39 is 54.5 Å². The number of hydrogen-bond acceptors (Lipinski definition) is 13. The highest BCUT2D eigenvalue weighted by Crippen LogP contribution is 2.66. The number of aliphatic hydroxyl groups is 2. The number of hydrogen-bond donors (Lipinski definition) is 8. The normalized spacial score (nSPS) is 28.5. The number of aromatic nitrogens is 4. The van der Waals surface area contributed by atoms with Crippen LogP contribution >= 0.6 is 23.5 Å². The van der Waals surface area contributed by atoms with Gasteiger partial charge in [0.2, 0.25) is 0 Å². The quantitative estimate of drug-likeness (QED) is 0.183. The summed E-state index contributed by atoms with van der Waals surface area (Å²) in [5.41, 5.74) is 3.43. The molecule has 0 spiro atoms. The van der Waals surface area contributed by atoms with Crippen molar-refractivity contribution in [2.45, 2.75) is 17.8 Å². The summed E-state index contributed by atoms with van der Waals surface area (Å²) in [5, 5.41) is 26.7. The number of phosphoric acid groups is 3. The van der Waals surface area contributed by atoms with Gasteiger partial charge in [-0.3, -0.25) is 9.62 Å². The van der Waals surface area contributed by atoms with Crippen molar-refractivity contribution in [3.63, 3.8) is 0 Å². The Morgan fingerprint density at radius 3 is 2.39 bits per heavy atom. The van der Waals surface area contributed by atoms with Crippen molar-refractivity contribution >= 4 is 40.3 Å². The fourth-order valence-electron chi connectivity index (χ4n) is 2.77. The van der Waals surface area contributed by atoms with Crippen molar-refractivity contribution < 1.29 is 61.4 Å². The number of phosphoric ester groups is 1. The highest BCUT2D eigenvalue weighted by Gasteiger charge is 2.54. The first-order valence-electron chi connectivity index (χ1n) is 7.89. The zero-order chi connectivity index (χ0) is 23.2. The van der Waals surface area contributed by atoms with Crippen LogP contribution in [0.1, 0.15) is 5.69 Å². The first-order valence-corrected chi connectivity index (χ1v) is 12.4. The minimum Gasteiger partial charge on any atom is -0.388 e. The molecule has 2 aromatic rings. The number of nitrogens with two attached hydrogens (primary N) is 1. The molecule has 18 nitrogen and oxygen atoms in total. The van der Waals surface area contributed by atoms with E-state index in [1.165, 1.54) is 0 Å². The van der Waals surface area contributed by atoms with E-state index in [0.29, 0.717) is 0 Å². The summed E-state index contributed by atoms with van der Waals surface area (Å²) in [6.45, 7) is -1.57. The van der Waals surface area contributed by atoms with Gasteiger partial charge in [-0.25, -0.2) is 23.7 Å². The van der Waals surface area contributed by atoms with E-state index in [-0.39, 0.29) is 22.5 Å². The van der Waals surface area contributed by atoms with Gasteiger partial charge in [0.05, 0.1) is 18.9 Å². The third-order valence-corrected chi connectivity index (χ3v) is 7.78. The molecule has 174 valence electrons. The van der Waals surface area contributed by atoms with Crippen LogP contribution in [0.4, 0.5) is 5.82 Å². The molecule has 1 saturated heterocycles. The minimum atomic E-state index is -5.76. The smallest absolute Gasteiger partial charge is 0.388 e. The molecule has 1 aliphatic heterocycles. The standard InChI is InChI=1S/C10H16N5O13P3/c11-9-6-5(12-3-13-9)7(15-14-6)10(8(17)4(16)1-25-10)2-26-30(21,22)28-31(23,24)27-29(18,19)20/h3-4,8,16-17H,1-2H2,(H,14,15)(H,21,22)(H,23,24)(H2,11,12,13)(H2,18,19,20)/t4-,8+,10+/m1/s1. The summed E-state index contributed by atoms with van der Waals surface area (Å²) in [4.78, 5) is 43.7. The molecule has 0 radical (unpaired) electrons. The van der Waals surface area contributed by atoms with E-state index in [2.05, 4.69) is 33.3 Å². The first-order chi connectivity index (χ1) is 14.2. The van der Waals surface area contributed by atoms with Crippen LogP contribution in [0.5, 0.6) is 0 Å². The predicted octanol–water partition coefficient (Wildman–Crippen LogP) is -1.77. The fourth-order valence-corrected chi connectivity index (χ4v) is 5.82. The van der Waals surface area contributed by atoms with Gasteiger partial charge in [-0.05, 0) is 0 Å². The summed E-state index contributed by atoms with van der Waals surface area (Å²) in [5.74, 6) is -0.0661. The number of rotatable bonds is 8. The van der Waals surface area contributed by atoms with Crippen molar-refractivity contribution in [2.24, 2.45) is 0 Å². The van der Waals surface area contributed by atoms with Gasteiger partial charge in [-0.2, -0.15) is 13.7 Å². The Hall–Kier alpha value is -1.36. The van der Waals surface area contributed by atoms with E-state index in [4.69, 9.17) is 20.3 Å². The summed E-state index contributed by atoms with van der Waals surface area (Å²) in [6.07, 6.45) is -2.24. The number of ether oxygens (including phenoxy) is 1. The lowest BCUT2D eigenvalue weighted by molar-refractivity contribution is -0.100. The molecule has 3 rings (SSSR count). The number of nitrogen functional groups attached to an aromatic ring is 1. The van der Waals surface area contributed by atoms with E-state index in [0.717, 1.165) is 6.33 Å². The third-order valence-electron chi connectivity index (χ3n) is 4.00. The van der Waals surface area contributed by atoms with E-state index in [1.54, 1.807) is 0 Å². The van der Waals surface area contributed by atoms with Gasteiger partial charge >= 0.3 is 23.5 Å². The number of fused-ring (bicyclic) bond motifs is 1. The second-order valence-electron chi connectivity index (χ2n) is 6.13. The molecule has 31 heavy (non-hydrogen) atoms. The molecule has 3 heterocycles. The van der Waals surface area contributed by atoms with Crippen molar-refractivity contribution in [1.82, 2.24) is 20.2 Å². The molecule has 2 aromatic heterocycles. The molecule has 9 N–H and O–H groups in total. The van der Waals surface area contributed by atoms with Crippen LogP contribution < -0.4 is 5.73 Å². The Balaban J connectivity index is 1.91. The average molecular weight is 507 g/mol. The number of nitrogens with one attached hydrogen (secondary N) is 1. The molecule has 5 atom stereocenters. The number of nitrogens with zero attached hydrogens (tertiary/aromatic N) is 3. The van der Waals surface area contributed by atoms with E-state index in [1.807, 2.05) is 0 Å². The molecule has 2 unspecified atom stereocenters. The molecule has 21 heteroatoms. The van der Waals surface area contributed by atoms with Crippen molar-refractivity contribution in [1.29, 1.82) is 0 Å². The Morgan fingerprint density at radius 1 is 1.13 bits per heavy atom. The maximum Gasteiger partial charge on any atom is 0.490 e. The molecule has 0 aliphatic carbocycles. The summed E-state index contributed by atoms with van der Waals surface area (Å²) in [7, 11) is -16.9. The van der Waals surface area contributed by atoms with Crippen molar-refractivity contribution in [2.75, 3.05) is 18.9 Å². The topological polar surface area (TPSA) is 290 Å². The van der Waals surface area contributed by atoms with Gasteiger partial charge in [0.15, 0.2) is 16.9 Å². The number of aromatic amines is 1. The molecule has 0 aromatic carbocycles. The van der Waals surface area contributed by atoms with Gasteiger partial charge in [0, 0.05) is 0 Å². The van der Waals surface area contributed by atoms with Crippen LogP contribution in [0.3, 0.4) is 0 Å². The van der Waals surface area contributed by atoms with Gasteiger partial charge in [-0.1, -0.05) is 0 Å². The lowest BCUT2D eigenvalue weighted by Gasteiger charge is -2.31. The fraction of sp³-hybridized carbons (Fsp3) is 0.500. The number of anilines is 1. The number of H-pyrrole nitrogens is 1. The molecular formula is C10H16N5O13P3. The van der Waals surface area contributed by atoms with Crippen LogP contribution in [0.2, 0.25) is 0 Å². The van der Waals surface area contributed by atoms with Gasteiger partial charge in [-0.15, -0.1) is 0 Å². The second kappa shape index (κ2) is 8.20. The molecule has 0 saturated carbocycles. The SMILES string of the molecule is Nc1ncnc2c([C@]3(COP(=O)(O)OP(=O)(O)OP(=O)(O)O)OC[C@@H](O)[C@@H]3O)[nH]nc12. The first kappa shape index (κ1) is 24.3. The Bertz CT molecular complexity index is 1120. The predicted molar refractivity (Wildman–Crippen MR) is 95.6 cm³/mol. The maximum atomic E-state index is 12.1. The van der Waals surface area contributed by atoms with E-state index in [9.17, 15) is 33.7 Å².